The van der Waals surface area contributed by atoms with Gasteiger partial charge in [-0.25, -0.2) is 9.97 Å². The molecule has 0 bridgehead atoms. The third-order valence-electron chi connectivity index (χ3n) is 19.0. The zero-order valence-corrected chi connectivity index (χ0v) is 45.8. The molecule has 388 valence electrons. The van der Waals surface area contributed by atoms with Crippen molar-refractivity contribution in [2.24, 2.45) is 0 Å². The van der Waals surface area contributed by atoms with Crippen molar-refractivity contribution < 1.29 is 0 Å². The molecule has 2 nitrogen and oxygen atoms in total. The Morgan fingerprint density at radius 2 is 0.405 bits per heavy atom. The van der Waals surface area contributed by atoms with Crippen molar-refractivity contribution in [2.75, 3.05) is 0 Å². The van der Waals surface area contributed by atoms with Crippen LogP contribution in [0.1, 0.15) is 44.5 Å². The molecule has 0 amide bonds. The second-order valence-electron chi connectivity index (χ2n) is 22.9. The SMILES string of the molecule is c1ccc(-c2ccccc2-c2ccc(-c3ccccc3-c3ccccc3)c3nc(-c4ccc5c(c4)C4(c6ccccc6-c6ccccc64)c4ccccc4-5)c(-c4ccc5c(c4)C4(c6ccccc6-c6ccccc64)c4ccccc4-5)nc23)cc1. The van der Waals surface area contributed by atoms with Gasteiger partial charge in [-0.3, -0.25) is 0 Å². The van der Waals surface area contributed by atoms with Crippen LogP contribution in [-0.4, -0.2) is 9.97 Å². The van der Waals surface area contributed by atoms with E-state index in [-0.39, 0.29) is 0 Å². The van der Waals surface area contributed by atoms with Crippen LogP contribution < -0.4 is 0 Å². The Kier molecular flexibility index (Phi) is 9.97. The van der Waals surface area contributed by atoms with E-state index < -0.39 is 10.8 Å². The van der Waals surface area contributed by atoms with Gasteiger partial charge in [-0.1, -0.05) is 291 Å². The summed E-state index contributed by atoms with van der Waals surface area (Å²) in [7, 11) is 0. The average molecular weight is 1060 g/mol. The van der Waals surface area contributed by atoms with Gasteiger partial charge >= 0.3 is 0 Å². The summed E-state index contributed by atoms with van der Waals surface area (Å²) in [5.74, 6) is 0. The van der Waals surface area contributed by atoms with Crippen molar-refractivity contribution in [1.82, 2.24) is 9.97 Å². The molecule has 84 heavy (non-hydrogen) atoms. The second kappa shape index (κ2) is 17.8. The van der Waals surface area contributed by atoms with E-state index in [1.54, 1.807) is 0 Å². The minimum Gasteiger partial charge on any atom is -0.243 e. The Morgan fingerprint density at radius 3 is 0.714 bits per heavy atom. The van der Waals surface area contributed by atoms with Gasteiger partial charge in [0.15, 0.2) is 0 Å². The standard InChI is InChI=1S/C82H50N2/c1-3-23-51(24-4-1)55-27-7-9-29-57(55)67-47-48-68(58-30-10-8-28-56(58)52-25-5-2-6-26-52)80-79(67)83-77(53-43-45-65-63-35-15-21-41-73(63)81(75(65)49-53)69-37-17-11-31-59(69)60-32-12-18-38-70(60)81)78(84-80)54-44-46-66-64-36-16-22-42-74(64)82(76(66)50-54)71-39-19-13-33-61(71)62-34-14-20-40-72(62)82/h1-50H. The molecule has 2 heteroatoms. The second-order valence-corrected chi connectivity index (χ2v) is 22.9. The first-order valence-electron chi connectivity index (χ1n) is 29.2. The van der Waals surface area contributed by atoms with Crippen LogP contribution in [0.2, 0.25) is 0 Å². The van der Waals surface area contributed by atoms with E-state index in [1.165, 1.54) is 89.0 Å². The van der Waals surface area contributed by atoms with Crippen LogP contribution >= 0.6 is 0 Å². The fourth-order valence-corrected chi connectivity index (χ4v) is 15.6. The Balaban J connectivity index is 0.971. The van der Waals surface area contributed by atoms with Crippen molar-refractivity contribution in [1.29, 1.82) is 0 Å². The number of hydrogen-bond acceptors (Lipinski definition) is 2. The molecule has 0 N–H and O–H groups in total. The smallest absolute Gasteiger partial charge is 0.0979 e. The average Bonchev–Trinajstić information content (AvgIpc) is 1.56. The highest BCUT2D eigenvalue weighted by atomic mass is 14.8. The number of hydrogen-bond donors (Lipinski definition) is 0. The largest absolute Gasteiger partial charge is 0.243 e. The topological polar surface area (TPSA) is 25.8 Å². The maximum atomic E-state index is 6.23. The highest BCUT2D eigenvalue weighted by Gasteiger charge is 2.53. The lowest BCUT2D eigenvalue weighted by molar-refractivity contribution is 0.794. The molecule has 0 aliphatic heterocycles. The van der Waals surface area contributed by atoms with Crippen molar-refractivity contribution >= 4 is 11.0 Å². The quantitative estimate of drug-likeness (QED) is 0.166. The summed E-state index contributed by atoms with van der Waals surface area (Å²) in [5.41, 5.74) is 33.6. The zero-order chi connectivity index (χ0) is 55.1. The highest BCUT2D eigenvalue weighted by Crippen LogP contribution is 2.65. The van der Waals surface area contributed by atoms with E-state index in [1.807, 2.05) is 0 Å². The van der Waals surface area contributed by atoms with Crippen LogP contribution in [0.3, 0.4) is 0 Å². The minimum atomic E-state index is -0.553. The molecule has 0 fully saturated rings. The minimum absolute atomic E-state index is 0.553. The van der Waals surface area contributed by atoms with Crippen LogP contribution in [-0.2, 0) is 10.8 Å². The summed E-state index contributed by atoms with van der Waals surface area (Å²) in [5, 5.41) is 0. The maximum absolute atomic E-state index is 6.23. The molecule has 18 rings (SSSR count). The van der Waals surface area contributed by atoms with Gasteiger partial charge in [-0.05, 0) is 135 Å². The van der Waals surface area contributed by atoms with Gasteiger partial charge in [0.05, 0.1) is 33.3 Å². The monoisotopic (exact) mass is 1060 g/mol. The van der Waals surface area contributed by atoms with Crippen molar-refractivity contribution in [3.63, 3.8) is 0 Å². The molecule has 0 saturated heterocycles. The lowest BCUT2D eigenvalue weighted by atomic mass is 9.70. The van der Waals surface area contributed by atoms with Gasteiger partial charge in [-0.2, -0.15) is 0 Å². The van der Waals surface area contributed by atoms with Gasteiger partial charge in [-0.15, -0.1) is 0 Å². The summed E-state index contributed by atoms with van der Waals surface area (Å²) >= 11 is 0. The van der Waals surface area contributed by atoms with Crippen LogP contribution in [0, 0.1) is 0 Å². The maximum Gasteiger partial charge on any atom is 0.0979 e. The van der Waals surface area contributed by atoms with Gasteiger partial charge in [0.1, 0.15) is 0 Å². The van der Waals surface area contributed by atoms with Crippen molar-refractivity contribution in [3.05, 3.63) is 348 Å². The van der Waals surface area contributed by atoms with Gasteiger partial charge < -0.3 is 0 Å². The van der Waals surface area contributed by atoms with E-state index in [0.29, 0.717) is 0 Å². The fraction of sp³-hybridized carbons (Fsp3) is 0.0244. The first-order valence-corrected chi connectivity index (χ1v) is 29.2. The Hall–Kier alpha value is -10.8. The van der Waals surface area contributed by atoms with Gasteiger partial charge in [0.2, 0.25) is 0 Å². The van der Waals surface area contributed by atoms with E-state index in [0.717, 1.165) is 78.1 Å². The molecular formula is C82H50N2. The number of fused-ring (bicyclic) bond motifs is 21. The molecule has 0 atom stereocenters. The van der Waals surface area contributed by atoms with Crippen LogP contribution in [0.25, 0.3) is 123 Å². The van der Waals surface area contributed by atoms with Crippen molar-refractivity contribution in [3.8, 4) is 112 Å². The number of aromatic nitrogens is 2. The normalized spacial score (nSPS) is 13.7. The molecule has 4 aliphatic rings. The molecule has 14 aromatic rings. The summed E-state index contributed by atoms with van der Waals surface area (Å²) in [4.78, 5) is 12.5. The van der Waals surface area contributed by atoms with Gasteiger partial charge in [0.25, 0.3) is 0 Å². The van der Waals surface area contributed by atoms with Crippen LogP contribution in [0.15, 0.2) is 303 Å². The van der Waals surface area contributed by atoms with Gasteiger partial charge in [0, 0.05) is 22.3 Å². The molecule has 0 unspecified atom stereocenters. The van der Waals surface area contributed by atoms with E-state index in [4.69, 9.17) is 9.97 Å². The number of benzene rings is 13. The number of rotatable bonds is 6. The van der Waals surface area contributed by atoms with Crippen LogP contribution in [0.4, 0.5) is 0 Å². The summed E-state index contributed by atoms with van der Waals surface area (Å²) in [6.07, 6.45) is 0. The van der Waals surface area contributed by atoms with Crippen molar-refractivity contribution in [2.45, 2.75) is 10.8 Å². The Labute approximate surface area is 488 Å². The Morgan fingerprint density at radius 1 is 0.167 bits per heavy atom. The molecular weight excluding hydrogens is 1010 g/mol. The predicted octanol–water partition coefficient (Wildman–Crippen LogP) is 20.3. The molecule has 0 radical (unpaired) electrons. The molecule has 1 heterocycles. The molecule has 0 saturated carbocycles. The fourth-order valence-electron chi connectivity index (χ4n) is 15.6. The number of nitrogens with zero attached hydrogens (tertiary/aromatic N) is 2. The van der Waals surface area contributed by atoms with E-state index in [2.05, 4.69) is 303 Å². The van der Waals surface area contributed by atoms with E-state index in [9.17, 15) is 0 Å². The molecule has 2 spiro atoms. The van der Waals surface area contributed by atoms with E-state index >= 15 is 0 Å². The molecule has 1 aromatic heterocycles. The van der Waals surface area contributed by atoms with Crippen LogP contribution in [0.5, 0.6) is 0 Å². The summed E-state index contributed by atoms with van der Waals surface area (Å²) in [6, 6.07) is 112. The molecule has 13 aromatic carbocycles. The summed E-state index contributed by atoms with van der Waals surface area (Å²) < 4.78 is 0. The Bertz CT molecular complexity index is 4640. The first kappa shape index (κ1) is 46.9. The first-order chi connectivity index (χ1) is 41.7. The molecule has 4 aliphatic carbocycles. The lowest BCUT2D eigenvalue weighted by Crippen LogP contribution is -2.26. The third kappa shape index (κ3) is 6.29. The third-order valence-corrected chi connectivity index (χ3v) is 19.0. The highest BCUT2D eigenvalue weighted by molar-refractivity contribution is 6.08. The predicted molar refractivity (Wildman–Crippen MR) is 345 cm³/mol. The summed E-state index contributed by atoms with van der Waals surface area (Å²) in [6.45, 7) is 0. The zero-order valence-electron chi connectivity index (χ0n) is 45.8. The lowest BCUT2D eigenvalue weighted by Gasteiger charge is -2.31.